The largest absolute Gasteiger partial charge is 0.326 e. The Balaban J connectivity index is 1.82. The molecule has 1 unspecified atom stereocenters. The van der Waals surface area contributed by atoms with Gasteiger partial charge in [0.15, 0.2) is 0 Å². The van der Waals surface area contributed by atoms with Crippen molar-refractivity contribution in [2.45, 2.75) is 31.2 Å². The lowest BCUT2D eigenvalue weighted by atomic mass is 10.2. The number of hydrogen-bond donors (Lipinski definition) is 1. The first kappa shape index (κ1) is 16.6. The maximum Gasteiger partial charge on any atom is 0.243 e. The number of sulfonamides is 1. The Bertz CT molecular complexity index is 848. The van der Waals surface area contributed by atoms with Crippen LogP contribution in [0.1, 0.15) is 24.9 Å². The van der Waals surface area contributed by atoms with Crippen LogP contribution in [0.4, 0.5) is 5.69 Å². The number of carbonyl (C=O) groups excluding carboxylic acids is 1. The highest BCUT2D eigenvalue weighted by Gasteiger charge is 2.34. The molecule has 1 aromatic carbocycles. The van der Waals surface area contributed by atoms with Gasteiger partial charge in [0, 0.05) is 31.9 Å². The van der Waals surface area contributed by atoms with Crippen molar-refractivity contribution in [1.29, 1.82) is 0 Å². The van der Waals surface area contributed by atoms with E-state index in [4.69, 9.17) is 0 Å². The average molecular weight is 349 g/mol. The summed E-state index contributed by atoms with van der Waals surface area (Å²) in [7, 11) is -3.58. The van der Waals surface area contributed by atoms with E-state index in [-0.39, 0.29) is 16.8 Å². The molecular formula is C15H19N5O3S. The molecule has 2 heterocycles. The topological polar surface area (TPSA) is 97.2 Å². The molecule has 1 atom stereocenters. The molecule has 0 radical (unpaired) electrons. The molecule has 0 saturated carbocycles. The molecule has 1 aliphatic rings. The number of anilines is 1. The molecule has 1 aliphatic heterocycles. The lowest BCUT2D eigenvalue weighted by Crippen LogP contribution is -2.30. The highest BCUT2D eigenvalue weighted by molar-refractivity contribution is 7.89. The number of hydrogen-bond acceptors (Lipinski definition) is 5. The van der Waals surface area contributed by atoms with Gasteiger partial charge < -0.3 is 5.32 Å². The maximum absolute atomic E-state index is 12.9. The van der Waals surface area contributed by atoms with E-state index in [1.165, 1.54) is 11.2 Å². The Morgan fingerprint density at radius 1 is 1.38 bits per heavy atom. The van der Waals surface area contributed by atoms with Crippen LogP contribution in [0.15, 0.2) is 35.5 Å². The van der Waals surface area contributed by atoms with Crippen LogP contribution >= 0.6 is 0 Å². The first-order chi connectivity index (χ1) is 11.4. The molecule has 0 aliphatic carbocycles. The zero-order valence-corrected chi connectivity index (χ0v) is 14.3. The van der Waals surface area contributed by atoms with Gasteiger partial charge >= 0.3 is 0 Å². The van der Waals surface area contributed by atoms with Gasteiger partial charge in [-0.15, -0.1) is 5.10 Å². The summed E-state index contributed by atoms with van der Waals surface area (Å²) in [5.74, 6) is -0.194. The standard InChI is InChI=1S/C15H19N5O3S/c1-11-9-13(17-12(2)21)3-4-15(11)24(22,23)19-7-5-14(10-19)20-8-6-16-18-20/h3-4,6,8-9,14H,5,7,10H2,1-2H3,(H,17,21). The van der Waals surface area contributed by atoms with Gasteiger partial charge in [0.05, 0.1) is 17.1 Å². The van der Waals surface area contributed by atoms with Gasteiger partial charge in [-0.05, 0) is 37.1 Å². The van der Waals surface area contributed by atoms with Gasteiger partial charge in [-0.25, -0.2) is 13.1 Å². The molecule has 8 nitrogen and oxygen atoms in total. The highest BCUT2D eigenvalue weighted by Crippen LogP contribution is 2.29. The monoisotopic (exact) mass is 349 g/mol. The lowest BCUT2D eigenvalue weighted by molar-refractivity contribution is -0.114. The molecule has 1 fully saturated rings. The predicted molar refractivity (Wildman–Crippen MR) is 87.9 cm³/mol. The summed E-state index contributed by atoms with van der Waals surface area (Å²) in [6.07, 6.45) is 4.03. The number of nitrogens with zero attached hydrogens (tertiary/aromatic N) is 4. The molecule has 0 spiro atoms. The summed E-state index contributed by atoms with van der Waals surface area (Å²) in [5.41, 5.74) is 1.19. The van der Waals surface area contributed by atoms with Gasteiger partial charge in [-0.2, -0.15) is 4.31 Å². The number of rotatable bonds is 4. The van der Waals surface area contributed by atoms with E-state index in [1.807, 2.05) is 0 Å². The number of carbonyl (C=O) groups is 1. The molecule has 1 saturated heterocycles. The van der Waals surface area contributed by atoms with Crippen LogP contribution in [0.5, 0.6) is 0 Å². The number of aryl methyl sites for hydroxylation is 1. The third-order valence-corrected chi connectivity index (χ3v) is 6.08. The van der Waals surface area contributed by atoms with E-state index in [0.29, 0.717) is 30.8 Å². The number of nitrogens with one attached hydrogen (secondary N) is 1. The quantitative estimate of drug-likeness (QED) is 0.894. The Morgan fingerprint density at radius 2 is 2.17 bits per heavy atom. The molecule has 2 aromatic rings. The van der Waals surface area contributed by atoms with Crippen molar-refractivity contribution in [3.63, 3.8) is 0 Å². The van der Waals surface area contributed by atoms with Gasteiger partial charge in [0.25, 0.3) is 0 Å². The molecule has 3 rings (SSSR count). The third-order valence-electron chi connectivity index (χ3n) is 4.05. The molecule has 24 heavy (non-hydrogen) atoms. The Morgan fingerprint density at radius 3 is 2.79 bits per heavy atom. The molecule has 9 heteroatoms. The van der Waals surface area contributed by atoms with E-state index >= 15 is 0 Å². The fraction of sp³-hybridized carbons (Fsp3) is 0.400. The second-order valence-electron chi connectivity index (χ2n) is 5.85. The zero-order chi connectivity index (χ0) is 17.3. The zero-order valence-electron chi connectivity index (χ0n) is 13.5. The van der Waals surface area contributed by atoms with Gasteiger partial charge in [-0.3, -0.25) is 4.79 Å². The molecular weight excluding hydrogens is 330 g/mol. The summed E-state index contributed by atoms with van der Waals surface area (Å²) in [5, 5.41) is 10.4. The van der Waals surface area contributed by atoms with Crippen molar-refractivity contribution in [2.24, 2.45) is 0 Å². The number of aromatic nitrogens is 3. The predicted octanol–water partition coefficient (Wildman–Crippen LogP) is 1.18. The number of amides is 1. The van der Waals surface area contributed by atoms with E-state index in [0.717, 1.165) is 0 Å². The lowest BCUT2D eigenvalue weighted by Gasteiger charge is -2.18. The first-order valence-electron chi connectivity index (χ1n) is 7.62. The fourth-order valence-electron chi connectivity index (χ4n) is 2.92. The van der Waals surface area contributed by atoms with Crippen LogP contribution in [0.3, 0.4) is 0 Å². The molecule has 1 amide bonds. The minimum absolute atomic E-state index is 0.00114. The minimum atomic E-state index is -3.58. The van der Waals surface area contributed by atoms with Crippen molar-refractivity contribution in [2.75, 3.05) is 18.4 Å². The minimum Gasteiger partial charge on any atom is -0.326 e. The molecule has 1 N–H and O–H groups in total. The summed E-state index contributed by atoms with van der Waals surface area (Å²) in [6.45, 7) is 3.95. The van der Waals surface area contributed by atoms with Gasteiger partial charge in [-0.1, -0.05) is 5.21 Å². The third kappa shape index (κ3) is 3.17. The van der Waals surface area contributed by atoms with Crippen molar-refractivity contribution < 1.29 is 13.2 Å². The maximum atomic E-state index is 12.9. The summed E-state index contributed by atoms with van der Waals surface area (Å²) >= 11 is 0. The van der Waals surface area contributed by atoms with Crippen LogP contribution in [-0.4, -0.2) is 46.7 Å². The Kier molecular flexibility index (Phi) is 4.37. The van der Waals surface area contributed by atoms with Crippen LogP contribution < -0.4 is 5.32 Å². The second-order valence-corrected chi connectivity index (χ2v) is 7.76. The van der Waals surface area contributed by atoms with Crippen molar-refractivity contribution in [3.8, 4) is 0 Å². The first-order valence-corrected chi connectivity index (χ1v) is 9.06. The average Bonchev–Trinajstić information content (AvgIpc) is 3.18. The molecule has 1 aromatic heterocycles. The SMILES string of the molecule is CC(=O)Nc1ccc(S(=O)(=O)N2CCC(n3ccnn3)C2)c(C)c1. The van der Waals surface area contributed by atoms with Crippen molar-refractivity contribution in [1.82, 2.24) is 19.3 Å². The highest BCUT2D eigenvalue weighted by atomic mass is 32.2. The summed E-state index contributed by atoms with van der Waals surface area (Å²) < 4.78 is 29.0. The van der Waals surface area contributed by atoms with E-state index in [1.54, 1.807) is 42.2 Å². The number of benzene rings is 1. The van der Waals surface area contributed by atoms with Gasteiger partial charge in [0.1, 0.15) is 0 Å². The van der Waals surface area contributed by atoms with E-state index in [2.05, 4.69) is 15.6 Å². The van der Waals surface area contributed by atoms with Crippen molar-refractivity contribution >= 4 is 21.6 Å². The Labute approximate surface area is 140 Å². The normalized spacial score (nSPS) is 18.7. The second kappa shape index (κ2) is 6.33. The molecule has 0 bridgehead atoms. The van der Waals surface area contributed by atoms with Crippen LogP contribution in [0.25, 0.3) is 0 Å². The van der Waals surface area contributed by atoms with Crippen LogP contribution in [0, 0.1) is 6.92 Å². The van der Waals surface area contributed by atoms with Crippen molar-refractivity contribution in [3.05, 3.63) is 36.2 Å². The summed E-state index contributed by atoms with van der Waals surface area (Å²) in [4.78, 5) is 11.4. The van der Waals surface area contributed by atoms with Crippen LogP contribution in [-0.2, 0) is 14.8 Å². The fourth-order valence-corrected chi connectivity index (χ4v) is 4.61. The van der Waals surface area contributed by atoms with Gasteiger partial charge in [0.2, 0.25) is 15.9 Å². The van der Waals surface area contributed by atoms with E-state index in [9.17, 15) is 13.2 Å². The smallest absolute Gasteiger partial charge is 0.243 e. The summed E-state index contributed by atoms with van der Waals surface area (Å²) in [6, 6.07) is 4.81. The molecule has 128 valence electrons. The van der Waals surface area contributed by atoms with Crippen LogP contribution in [0.2, 0.25) is 0 Å². The van der Waals surface area contributed by atoms with E-state index < -0.39 is 10.0 Å². The Hall–Kier alpha value is -2.26.